The third kappa shape index (κ3) is 5.41. The standard InChI is InChI=1S/C32H35ClN8O2/c1-4-39-11-13-40(14-12-39)23-9-7-22(8-10-23)35-32-34-19-21-16-26(25-17-24(42-2)18-27(43-3)29(25)33)31-38-37-28(15-20-5-6-20)41(31)30(21)36-32/h7-10,16-20H,4-6,11-15H2,1-3H3,(H,34,35,36). The number of likely N-dealkylation sites (N-methyl/N-ethyl adjacent to an activating group) is 1. The molecule has 2 aromatic carbocycles. The predicted octanol–water partition coefficient (Wildman–Crippen LogP) is 5.85. The van der Waals surface area contributed by atoms with E-state index in [9.17, 15) is 0 Å². The van der Waals surface area contributed by atoms with Crippen molar-refractivity contribution in [2.75, 3.05) is 57.2 Å². The fourth-order valence-electron chi connectivity index (χ4n) is 5.81. The molecule has 1 saturated carbocycles. The van der Waals surface area contributed by atoms with Crippen molar-refractivity contribution in [1.29, 1.82) is 0 Å². The molecule has 0 atom stereocenters. The van der Waals surface area contributed by atoms with Crippen LogP contribution >= 0.6 is 11.6 Å². The summed E-state index contributed by atoms with van der Waals surface area (Å²) in [6.45, 7) is 7.61. The Kier molecular flexibility index (Phi) is 7.40. The Morgan fingerprint density at radius 1 is 0.930 bits per heavy atom. The topological polar surface area (TPSA) is 92.9 Å². The van der Waals surface area contributed by atoms with Gasteiger partial charge in [-0.3, -0.25) is 4.40 Å². The van der Waals surface area contributed by atoms with E-state index in [0.29, 0.717) is 34.0 Å². The predicted molar refractivity (Wildman–Crippen MR) is 170 cm³/mol. The highest BCUT2D eigenvalue weighted by atomic mass is 35.5. The van der Waals surface area contributed by atoms with Crippen LogP contribution in [0.3, 0.4) is 0 Å². The average molecular weight is 599 g/mol. The highest BCUT2D eigenvalue weighted by molar-refractivity contribution is 6.35. The Bertz CT molecular complexity index is 1780. The first-order valence-corrected chi connectivity index (χ1v) is 15.2. The molecule has 2 aliphatic rings. The zero-order valence-electron chi connectivity index (χ0n) is 24.7. The molecule has 4 heterocycles. The van der Waals surface area contributed by atoms with Gasteiger partial charge in [0.05, 0.1) is 19.2 Å². The largest absolute Gasteiger partial charge is 0.497 e. The lowest BCUT2D eigenvalue weighted by molar-refractivity contribution is 0.271. The molecule has 3 aromatic heterocycles. The van der Waals surface area contributed by atoms with Crippen LogP contribution in [0.2, 0.25) is 5.02 Å². The summed E-state index contributed by atoms with van der Waals surface area (Å²) in [5, 5.41) is 14.0. The van der Waals surface area contributed by atoms with Gasteiger partial charge in [0.2, 0.25) is 5.95 Å². The van der Waals surface area contributed by atoms with Crippen LogP contribution in [-0.4, -0.2) is 76.4 Å². The number of halogens is 1. The number of nitrogens with one attached hydrogen (secondary N) is 1. The minimum absolute atomic E-state index is 0.478. The van der Waals surface area contributed by atoms with Gasteiger partial charge in [-0.05, 0) is 61.7 Å². The van der Waals surface area contributed by atoms with Gasteiger partial charge in [-0.15, -0.1) is 10.2 Å². The van der Waals surface area contributed by atoms with Crippen LogP contribution < -0.4 is 19.7 Å². The lowest BCUT2D eigenvalue weighted by Crippen LogP contribution is -2.46. The van der Waals surface area contributed by atoms with Crippen molar-refractivity contribution in [1.82, 2.24) is 29.5 Å². The average Bonchev–Trinajstić information content (AvgIpc) is 3.77. The van der Waals surface area contributed by atoms with Gasteiger partial charge in [0, 0.05) is 72.8 Å². The number of benzene rings is 2. The number of hydrogen-bond donors (Lipinski definition) is 1. The minimum atomic E-state index is 0.478. The first-order valence-electron chi connectivity index (χ1n) is 14.8. The maximum atomic E-state index is 6.83. The third-order valence-electron chi connectivity index (χ3n) is 8.51. The van der Waals surface area contributed by atoms with Gasteiger partial charge < -0.3 is 24.6 Å². The van der Waals surface area contributed by atoms with Gasteiger partial charge >= 0.3 is 0 Å². The summed E-state index contributed by atoms with van der Waals surface area (Å²) >= 11 is 6.83. The van der Waals surface area contributed by atoms with Crippen LogP contribution in [-0.2, 0) is 6.42 Å². The number of anilines is 3. The van der Waals surface area contributed by atoms with Crippen molar-refractivity contribution in [3.8, 4) is 22.6 Å². The smallest absolute Gasteiger partial charge is 0.229 e. The number of rotatable bonds is 9. The van der Waals surface area contributed by atoms with Crippen LogP contribution in [0.4, 0.5) is 17.3 Å². The summed E-state index contributed by atoms with van der Waals surface area (Å²) in [6.07, 6.45) is 5.09. The van der Waals surface area contributed by atoms with Gasteiger partial charge in [-0.2, -0.15) is 4.98 Å². The van der Waals surface area contributed by atoms with Crippen molar-refractivity contribution in [2.24, 2.45) is 5.92 Å². The molecule has 1 aliphatic heterocycles. The number of piperazine rings is 1. The van der Waals surface area contributed by atoms with Gasteiger partial charge in [0.15, 0.2) is 11.3 Å². The van der Waals surface area contributed by atoms with Gasteiger partial charge in [0.1, 0.15) is 17.3 Å². The van der Waals surface area contributed by atoms with Crippen molar-refractivity contribution >= 4 is 45.6 Å². The Labute approximate surface area is 255 Å². The lowest BCUT2D eigenvalue weighted by atomic mass is 10.0. The second-order valence-electron chi connectivity index (χ2n) is 11.2. The second-order valence-corrected chi connectivity index (χ2v) is 11.6. The SMILES string of the molecule is CCN1CCN(c2ccc(Nc3ncc4cc(-c5cc(OC)cc(OC)c5Cl)c5nnc(CC6CC6)n5c4n3)cc2)CC1. The molecule has 1 aliphatic carbocycles. The summed E-state index contributed by atoms with van der Waals surface area (Å²) in [5.74, 6) is 3.18. The molecular weight excluding hydrogens is 564 g/mol. The van der Waals surface area contributed by atoms with E-state index in [2.05, 4.69) is 65.9 Å². The molecule has 2 fully saturated rings. The van der Waals surface area contributed by atoms with E-state index in [1.165, 1.54) is 18.5 Å². The van der Waals surface area contributed by atoms with Crippen LogP contribution in [0.15, 0.2) is 48.7 Å². The molecule has 43 heavy (non-hydrogen) atoms. The maximum Gasteiger partial charge on any atom is 0.229 e. The Morgan fingerprint density at radius 2 is 1.72 bits per heavy atom. The van der Waals surface area contributed by atoms with E-state index in [-0.39, 0.29) is 0 Å². The van der Waals surface area contributed by atoms with Crippen molar-refractivity contribution < 1.29 is 9.47 Å². The van der Waals surface area contributed by atoms with Gasteiger partial charge in [-0.1, -0.05) is 18.5 Å². The number of nitrogens with zero attached hydrogens (tertiary/aromatic N) is 7. The van der Waals surface area contributed by atoms with Gasteiger partial charge in [0.25, 0.3) is 0 Å². The summed E-state index contributed by atoms with van der Waals surface area (Å²) < 4.78 is 13.1. The van der Waals surface area contributed by atoms with Crippen LogP contribution in [0.1, 0.15) is 25.6 Å². The molecule has 0 spiro atoms. The third-order valence-corrected chi connectivity index (χ3v) is 8.90. The number of hydrogen-bond acceptors (Lipinski definition) is 9. The highest BCUT2D eigenvalue weighted by Crippen LogP contribution is 2.42. The minimum Gasteiger partial charge on any atom is -0.497 e. The summed E-state index contributed by atoms with van der Waals surface area (Å²) in [4.78, 5) is 14.6. The molecule has 7 rings (SSSR count). The molecule has 0 radical (unpaired) electrons. The van der Waals surface area contributed by atoms with E-state index in [1.54, 1.807) is 20.3 Å². The number of fused-ring (bicyclic) bond motifs is 3. The van der Waals surface area contributed by atoms with Crippen molar-refractivity contribution in [3.05, 3.63) is 59.5 Å². The van der Waals surface area contributed by atoms with Crippen molar-refractivity contribution in [2.45, 2.75) is 26.2 Å². The fraction of sp³-hybridized carbons (Fsp3) is 0.375. The van der Waals surface area contributed by atoms with E-state index in [1.807, 2.05) is 18.3 Å². The van der Waals surface area contributed by atoms with Crippen LogP contribution in [0, 0.1) is 5.92 Å². The number of ether oxygens (including phenoxy) is 2. The molecule has 10 nitrogen and oxygen atoms in total. The summed E-state index contributed by atoms with van der Waals surface area (Å²) in [7, 11) is 3.21. The normalized spacial score (nSPS) is 15.8. The number of aromatic nitrogens is 5. The zero-order chi connectivity index (χ0) is 29.5. The molecule has 0 amide bonds. The molecule has 222 valence electrons. The van der Waals surface area contributed by atoms with Crippen molar-refractivity contribution in [3.63, 3.8) is 0 Å². The van der Waals surface area contributed by atoms with Gasteiger partial charge in [-0.25, -0.2) is 4.98 Å². The Morgan fingerprint density at radius 3 is 2.42 bits per heavy atom. The molecule has 0 bridgehead atoms. The molecular formula is C32H35ClN8O2. The van der Waals surface area contributed by atoms with E-state index < -0.39 is 0 Å². The van der Waals surface area contributed by atoms with E-state index in [4.69, 9.17) is 26.1 Å². The molecule has 11 heteroatoms. The lowest BCUT2D eigenvalue weighted by Gasteiger charge is -2.35. The first-order chi connectivity index (χ1) is 21.0. The quantitative estimate of drug-likeness (QED) is 0.224. The number of pyridine rings is 1. The summed E-state index contributed by atoms with van der Waals surface area (Å²) in [5.41, 5.74) is 5.14. The highest BCUT2D eigenvalue weighted by Gasteiger charge is 2.26. The maximum absolute atomic E-state index is 6.83. The second kappa shape index (κ2) is 11.5. The Hall–Kier alpha value is -4.15. The first kappa shape index (κ1) is 27.7. The number of methoxy groups -OCH3 is 2. The fourth-order valence-corrected chi connectivity index (χ4v) is 6.10. The van der Waals surface area contributed by atoms with Crippen LogP contribution in [0.25, 0.3) is 27.8 Å². The zero-order valence-corrected chi connectivity index (χ0v) is 25.4. The molecule has 0 unspecified atom stereocenters. The Balaban J connectivity index is 1.25. The summed E-state index contributed by atoms with van der Waals surface area (Å²) in [6, 6.07) is 14.2. The van der Waals surface area contributed by atoms with E-state index >= 15 is 0 Å². The molecule has 1 N–H and O–H groups in total. The molecule has 5 aromatic rings. The monoisotopic (exact) mass is 598 g/mol. The van der Waals surface area contributed by atoms with E-state index in [0.717, 1.165) is 72.8 Å². The van der Waals surface area contributed by atoms with Crippen LogP contribution in [0.5, 0.6) is 11.5 Å². The molecule has 1 saturated heterocycles.